The van der Waals surface area contributed by atoms with E-state index in [1.807, 2.05) is 42.5 Å². The SMILES string of the molecule is O=C1c2cccc3cccc(c23)C(=O)N1c1ccc(Nc2nc3ncccc3cc2-c2ccc([N+](=O)[O-])cc2)cc1. The van der Waals surface area contributed by atoms with E-state index < -0.39 is 4.92 Å². The van der Waals surface area contributed by atoms with Gasteiger partial charge in [-0.15, -0.1) is 0 Å². The molecule has 0 fully saturated rings. The maximum atomic E-state index is 13.4. The molecule has 4 aromatic carbocycles. The molecule has 0 radical (unpaired) electrons. The van der Waals surface area contributed by atoms with E-state index in [0.29, 0.717) is 39.4 Å². The number of benzene rings is 4. The predicted molar refractivity (Wildman–Crippen MR) is 156 cm³/mol. The van der Waals surface area contributed by atoms with Crippen molar-refractivity contribution in [3.63, 3.8) is 0 Å². The lowest BCUT2D eigenvalue weighted by Gasteiger charge is -2.27. The number of nitrogens with one attached hydrogen (secondary N) is 1. The Labute approximate surface area is 232 Å². The summed E-state index contributed by atoms with van der Waals surface area (Å²) < 4.78 is 0. The first-order valence-electron chi connectivity index (χ1n) is 12.8. The van der Waals surface area contributed by atoms with E-state index in [9.17, 15) is 19.7 Å². The van der Waals surface area contributed by atoms with Crippen molar-refractivity contribution in [2.24, 2.45) is 0 Å². The number of rotatable bonds is 5. The number of nitro groups is 1. The van der Waals surface area contributed by atoms with Crippen molar-refractivity contribution in [2.75, 3.05) is 10.2 Å². The number of carbonyl (C=O) groups excluding carboxylic acids is 2. The van der Waals surface area contributed by atoms with Gasteiger partial charge in [0.05, 0.1) is 10.6 Å². The van der Waals surface area contributed by atoms with Crippen LogP contribution in [0.25, 0.3) is 32.9 Å². The smallest absolute Gasteiger partial charge is 0.269 e. The molecule has 196 valence electrons. The molecule has 41 heavy (non-hydrogen) atoms. The number of aromatic nitrogens is 2. The fraction of sp³-hybridized carbons (Fsp3) is 0. The Bertz CT molecular complexity index is 1990. The third-order valence-electron chi connectivity index (χ3n) is 7.14. The minimum Gasteiger partial charge on any atom is -0.340 e. The molecule has 2 amide bonds. The van der Waals surface area contributed by atoms with Gasteiger partial charge in [-0.2, -0.15) is 0 Å². The first-order chi connectivity index (χ1) is 20.0. The first kappa shape index (κ1) is 24.1. The molecule has 2 aromatic heterocycles. The highest BCUT2D eigenvalue weighted by molar-refractivity contribution is 6.35. The fourth-order valence-electron chi connectivity index (χ4n) is 5.18. The number of hydrogen-bond acceptors (Lipinski definition) is 7. The van der Waals surface area contributed by atoms with Crippen LogP contribution in [0.1, 0.15) is 20.7 Å². The van der Waals surface area contributed by atoms with Crippen molar-refractivity contribution in [1.82, 2.24) is 9.97 Å². The largest absolute Gasteiger partial charge is 0.340 e. The van der Waals surface area contributed by atoms with Gasteiger partial charge in [-0.3, -0.25) is 19.7 Å². The highest BCUT2D eigenvalue weighted by Gasteiger charge is 2.33. The molecule has 1 aliphatic rings. The maximum absolute atomic E-state index is 13.4. The molecule has 1 aliphatic heterocycles. The summed E-state index contributed by atoms with van der Waals surface area (Å²) in [4.78, 5) is 47.8. The lowest BCUT2D eigenvalue weighted by molar-refractivity contribution is -0.384. The number of non-ortho nitro benzene ring substituents is 1. The van der Waals surface area contributed by atoms with Crippen molar-refractivity contribution in [1.29, 1.82) is 0 Å². The molecule has 0 saturated carbocycles. The van der Waals surface area contributed by atoms with Crippen molar-refractivity contribution in [3.8, 4) is 11.1 Å². The third-order valence-corrected chi connectivity index (χ3v) is 7.14. The Balaban J connectivity index is 1.24. The number of amides is 2. The van der Waals surface area contributed by atoms with E-state index in [1.165, 1.54) is 17.0 Å². The van der Waals surface area contributed by atoms with Gasteiger partial charge in [0.15, 0.2) is 5.65 Å². The molecule has 7 rings (SSSR count). The molecule has 0 atom stereocenters. The lowest BCUT2D eigenvalue weighted by atomic mass is 9.94. The zero-order valence-electron chi connectivity index (χ0n) is 21.3. The zero-order chi connectivity index (χ0) is 28.1. The molecule has 0 spiro atoms. The Kier molecular flexibility index (Phi) is 5.50. The maximum Gasteiger partial charge on any atom is 0.269 e. The second-order valence-corrected chi connectivity index (χ2v) is 9.57. The second kappa shape index (κ2) is 9.35. The van der Waals surface area contributed by atoms with Crippen LogP contribution in [0.4, 0.5) is 22.9 Å². The van der Waals surface area contributed by atoms with Gasteiger partial charge in [-0.25, -0.2) is 14.9 Å². The van der Waals surface area contributed by atoms with Gasteiger partial charge in [0.25, 0.3) is 17.5 Å². The topological polar surface area (TPSA) is 118 Å². The molecule has 3 heterocycles. The van der Waals surface area contributed by atoms with Crippen LogP contribution in [0.3, 0.4) is 0 Å². The summed E-state index contributed by atoms with van der Waals surface area (Å²) >= 11 is 0. The molecular weight excluding hydrogens is 518 g/mol. The lowest BCUT2D eigenvalue weighted by Crippen LogP contribution is -2.40. The molecule has 9 nitrogen and oxygen atoms in total. The normalized spacial score (nSPS) is 12.6. The van der Waals surface area contributed by atoms with E-state index >= 15 is 0 Å². The molecule has 0 bridgehead atoms. The highest BCUT2D eigenvalue weighted by Crippen LogP contribution is 2.35. The first-order valence-corrected chi connectivity index (χ1v) is 12.8. The van der Waals surface area contributed by atoms with Crippen LogP contribution in [-0.4, -0.2) is 26.7 Å². The van der Waals surface area contributed by atoms with Gasteiger partial charge in [0.1, 0.15) is 5.82 Å². The Morgan fingerprint density at radius 3 is 2.05 bits per heavy atom. The van der Waals surface area contributed by atoms with Gasteiger partial charge < -0.3 is 5.32 Å². The predicted octanol–water partition coefficient (Wildman–Crippen LogP) is 6.90. The summed E-state index contributed by atoms with van der Waals surface area (Å²) in [7, 11) is 0. The van der Waals surface area contributed by atoms with Gasteiger partial charge >= 0.3 is 0 Å². The van der Waals surface area contributed by atoms with Crippen LogP contribution < -0.4 is 10.2 Å². The number of anilines is 3. The second-order valence-electron chi connectivity index (χ2n) is 9.57. The van der Waals surface area contributed by atoms with Crippen molar-refractivity contribution >= 4 is 56.5 Å². The minimum absolute atomic E-state index is 0.00469. The van der Waals surface area contributed by atoms with E-state index in [1.54, 1.807) is 54.7 Å². The number of imide groups is 1. The van der Waals surface area contributed by atoms with Gasteiger partial charge in [0.2, 0.25) is 0 Å². The van der Waals surface area contributed by atoms with Crippen LogP contribution in [0.2, 0.25) is 0 Å². The van der Waals surface area contributed by atoms with E-state index in [-0.39, 0.29) is 17.5 Å². The van der Waals surface area contributed by atoms with Crippen LogP contribution in [0.5, 0.6) is 0 Å². The van der Waals surface area contributed by atoms with Crippen LogP contribution in [0.15, 0.2) is 109 Å². The quantitative estimate of drug-likeness (QED) is 0.144. The molecule has 1 N–H and O–H groups in total. The minimum atomic E-state index is -0.441. The Morgan fingerprint density at radius 1 is 0.732 bits per heavy atom. The summed E-state index contributed by atoms with van der Waals surface area (Å²) in [6.07, 6.45) is 1.66. The number of nitrogens with zero attached hydrogens (tertiary/aromatic N) is 4. The monoisotopic (exact) mass is 537 g/mol. The molecule has 6 aromatic rings. The number of fused-ring (bicyclic) bond motifs is 1. The number of carbonyl (C=O) groups is 2. The number of hydrogen-bond donors (Lipinski definition) is 1. The standard InChI is InChI=1S/C32H19N5O4/c38-31-25-7-1-4-20-5-2-8-26(28(20)25)32(39)36(31)23-15-11-22(12-16-23)34-30-27(18-21-6-3-17-33-29(21)35-30)19-9-13-24(14-10-19)37(40)41/h1-18H,(H,33,34,35). The fourth-order valence-corrected chi connectivity index (χ4v) is 5.18. The van der Waals surface area contributed by atoms with E-state index in [2.05, 4.69) is 10.3 Å². The number of pyridine rings is 2. The Hall–Kier alpha value is -5.96. The molecular formula is C32H19N5O4. The van der Waals surface area contributed by atoms with Gasteiger partial charge in [-0.1, -0.05) is 24.3 Å². The van der Waals surface area contributed by atoms with E-state index in [0.717, 1.165) is 21.9 Å². The summed E-state index contributed by atoms with van der Waals surface area (Å²) in [5.41, 5.74) is 4.09. The van der Waals surface area contributed by atoms with Gasteiger partial charge in [-0.05, 0) is 77.7 Å². The molecule has 0 unspecified atom stereocenters. The summed E-state index contributed by atoms with van der Waals surface area (Å²) in [5.74, 6) is -0.242. The van der Waals surface area contributed by atoms with Crippen LogP contribution in [0, 0.1) is 10.1 Å². The summed E-state index contributed by atoms with van der Waals surface area (Å²) in [6, 6.07) is 29.7. The summed E-state index contributed by atoms with van der Waals surface area (Å²) in [5, 5.41) is 16.8. The van der Waals surface area contributed by atoms with Crippen molar-refractivity contribution < 1.29 is 14.5 Å². The molecule has 0 saturated heterocycles. The summed E-state index contributed by atoms with van der Waals surface area (Å²) in [6.45, 7) is 0. The van der Waals surface area contributed by atoms with Crippen LogP contribution >= 0.6 is 0 Å². The zero-order valence-corrected chi connectivity index (χ0v) is 21.3. The van der Waals surface area contributed by atoms with Crippen molar-refractivity contribution in [3.05, 3.63) is 131 Å². The third kappa shape index (κ3) is 4.04. The van der Waals surface area contributed by atoms with Crippen LogP contribution in [-0.2, 0) is 0 Å². The average Bonchev–Trinajstić information content (AvgIpc) is 3.00. The Morgan fingerprint density at radius 2 is 1.39 bits per heavy atom. The number of nitro benzene ring substituents is 1. The molecule has 0 aliphatic carbocycles. The molecule has 9 heteroatoms. The highest BCUT2D eigenvalue weighted by atomic mass is 16.6. The van der Waals surface area contributed by atoms with Gasteiger partial charge in [0, 0.05) is 51.5 Å². The van der Waals surface area contributed by atoms with Crippen molar-refractivity contribution in [2.45, 2.75) is 0 Å². The van der Waals surface area contributed by atoms with E-state index in [4.69, 9.17) is 4.98 Å². The average molecular weight is 538 g/mol.